The van der Waals surface area contributed by atoms with Crippen LogP contribution in [0.2, 0.25) is 0 Å². The first-order chi connectivity index (χ1) is 12.8. The first-order valence-electron chi connectivity index (χ1n) is 8.99. The summed E-state index contributed by atoms with van der Waals surface area (Å²) in [6.45, 7) is 8.24. The van der Waals surface area contributed by atoms with E-state index in [0.717, 1.165) is 11.3 Å². The number of nitrogens with zero attached hydrogens (tertiary/aromatic N) is 1. The molecule has 0 spiro atoms. The number of amides is 1. The molecule has 0 bridgehead atoms. The number of nitrogens with one attached hydrogen (secondary N) is 2. The van der Waals surface area contributed by atoms with Crippen molar-refractivity contribution in [2.24, 2.45) is 0 Å². The Labute approximate surface area is 161 Å². The fourth-order valence-electron chi connectivity index (χ4n) is 2.71. The summed E-state index contributed by atoms with van der Waals surface area (Å²) in [6, 6.07) is 12.6. The summed E-state index contributed by atoms with van der Waals surface area (Å²) in [6.07, 6.45) is 0. The number of carbonyl (C=O) groups is 1. The van der Waals surface area contributed by atoms with Crippen molar-refractivity contribution < 1.29 is 13.2 Å². The summed E-state index contributed by atoms with van der Waals surface area (Å²) >= 11 is 0. The highest BCUT2D eigenvalue weighted by Crippen LogP contribution is 2.23. The second-order valence-corrected chi connectivity index (χ2v) is 8.24. The van der Waals surface area contributed by atoms with Gasteiger partial charge in [-0.3, -0.25) is 4.79 Å². The highest BCUT2D eigenvalue weighted by Gasteiger charge is 2.23. The first-order valence-corrected chi connectivity index (χ1v) is 10.4. The van der Waals surface area contributed by atoms with Crippen molar-refractivity contribution in [2.45, 2.75) is 32.6 Å². The maximum atomic E-state index is 12.8. The van der Waals surface area contributed by atoms with Gasteiger partial charge in [0, 0.05) is 24.5 Å². The maximum Gasteiger partial charge on any atom is 0.243 e. The van der Waals surface area contributed by atoms with E-state index < -0.39 is 10.0 Å². The fraction of sp³-hybridized carbons (Fsp3) is 0.350. The van der Waals surface area contributed by atoms with Crippen molar-refractivity contribution in [2.75, 3.05) is 30.3 Å². The van der Waals surface area contributed by atoms with E-state index in [-0.39, 0.29) is 17.3 Å². The van der Waals surface area contributed by atoms with Gasteiger partial charge in [-0.1, -0.05) is 37.6 Å². The van der Waals surface area contributed by atoms with E-state index in [1.54, 1.807) is 25.1 Å². The molecule has 0 saturated heterocycles. The van der Waals surface area contributed by atoms with Crippen LogP contribution in [0.1, 0.15) is 25.0 Å². The lowest BCUT2D eigenvalue weighted by Crippen LogP contribution is -2.31. The average Bonchev–Trinajstić information content (AvgIpc) is 2.63. The second-order valence-electron chi connectivity index (χ2n) is 6.34. The number of aryl methyl sites for hydroxylation is 2. The molecular weight excluding hydrogens is 362 g/mol. The molecule has 0 radical (unpaired) electrons. The smallest absolute Gasteiger partial charge is 0.243 e. The summed E-state index contributed by atoms with van der Waals surface area (Å²) in [7, 11) is -3.55. The van der Waals surface area contributed by atoms with E-state index in [2.05, 4.69) is 10.6 Å². The highest BCUT2D eigenvalue weighted by molar-refractivity contribution is 7.89. The predicted octanol–water partition coefficient (Wildman–Crippen LogP) is 3.38. The fourth-order valence-corrected chi connectivity index (χ4v) is 4.42. The summed E-state index contributed by atoms with van der Waals surface area (Å²) in [5.74, 6) is -0.201. The van der Waals surface area contributed by atoms with Gasteiger partial charge in [0.05, 0.1) is 11.4 Å². The molecule has 0 saturated carbocycles. The van der Waals surface area contributed by atoms with Crippen molar-refractivity contribution >= 4 is 27.3 Å². The Morgan fingerprint density at radius 2 is 1.56 bits per heavy atom. The summed E-state index contributed by atoms with van der Waals surface area (Å²) in [4.78, 5) is 12.4. The third kappa shape index (κ3) is 5.30. The van der Waals surface area contributed by atoms with Crippen LogP contribution in [0.25, 0.3) is 0 Å². The van der Waals surface area contributed by atoms with E-state index in [4.69, 9.17) is 0 Å². The Hall–Kier alpha value is -2.38. The third-order valence-electron chi connectivity index (χ3n) is 4.30. The van der Waals surface area contributed by atoms with E-state index in [9.17, 15) is 13.2 Å². The van der Waals surface area contributed by atoms with Gasteiger partial charge in [-0.2, -0.15) is 4.31 Å². The SMILES string of the molecule is CCN(CC)S(=O)(=O)c1cc(NCC(=O)Nc2ccc(C)cc2)ccc1C. The van der Waals surface area contributed by atoms with E-state index in [1.165, 1.54) is 4.31 Å². The lowest BCUT2D eigenvalue weighted by atomic mass is 10.2. The molecule has 0 atom stereocenters. The number of anilines is 2. The monoisotopic (exact) mass is 389 g/mol. The largest absolute Gasteiger partial charge is 0.376 e. The van der Waals surface area contributed by atoms with E-state index >= 15 is 0 Å². The molecule has 0 aliphatic heterocycles. The molecule has 146 valence electrons. The summed E-state index contributed by atoms with van der Waals surface area (Å²) in [5, 5.41) is 5.80. The van der Waals surface area contributed by atoms with Crippen molar-refractivity contribution in [1.82, 2.24) is 4.31 Å². The van der Waals surface area contributed by atoms with Gasteiger partial charge in [-0.15, -0.1) is 0 Å². The van der Waals surface area contributed by atoms with Gasteiger partial charge in [-0.25, -0.2) is 8.42 Å². The van der Waals surface area contributed by atoms with Gasteiger partial charge in [0.1, 0.15) is 0 Å². The molecule has 2 aromatic rings. The lowest BCUT2D eigenvalue weighted by Gasteiger charge is -2.20. The van der Waals surface area contributed by atoms with Crippen molar-refractivity contribution in [3.8, 4) is 0 Å². The Morgan fingerprint density at radius 3 is 2.15 bits per heavy atom. The zero-order valence-electron chi connectivity index (χ0n) is 16.2. The standard InChI is InChI=1S/C20H27N3O3S/c1-5-23(6-2)27(25,26)19-13-18(12-9-16(19)4)21-14-20(24)22-17-10-7-15(3)8-11-17/h7-13,21H,5-6,14H2,1-4H3,(H,22,24). The Morgan fingerprint density at radius 1 is 0.963 bits per heavy atom. The van der Waals surface area contributed by atoms with Gasteiger partial charge in [0.2, 0.25) is 15.9 Å². The molecule has 2 rings (SSSR count). The number of sulfonamides is 1. The van der Waals surface area contributed by atoms with Crippen molar-refractivity contribution in [3.63, 3.8) is 0 Å². The van der Waals surface area contributed by atoms with Crippen molar-refractivity contribution in [1.29, 1.82) is 0 Å². The molecule has 0 unspecified atom stereocenters. The second kappa shape index (κ2) is 9.01. The number of carbonyl (C=O) groups excluding carboxylic acids is 1. The molecule has 2 N–H and O–H groups in total. The number of rotatable bonds is 8. The van der Waals surface area contributed by atoms with Gasteiger partial charge in [-0.05, 0) is 43.7 Å². The Balaban J connectivity index is 2.09. The summed E-state index contributed by atoms with van der Waals surface area (Å²) in [5.41, 5.74) is 3.11. The zero-order chi connectivity index (χ0) is 20.0. The van der Waals surface area contributed by atoms with Crippen LogP contribution in [0.5, 0.6) is 0 Å². The van der Waals surface area contributed by atoms with Gasteiger partial charge >= 0.3 is 0 Å². The molecule has 27 heavy (non-hydrogen) atoms. The van der Waals surface area contributed by atoms with Gasteiger partial charge in [0.15, 0.2) is 0 Å². The molecule has 0 heterocycles. The molecule has 0 fully saturated rings. The van der Waals surface area contributed by atoms with Gasteiger partial charge in [0.25, 0.3) is 0 Å². The number of hydrogen-bond acceptors (Lipinski definition) is 4. The quantitative estimate of drug-likeness (QED) is 0.725. The minimum absolute atomic E-state index is 0.0433. The Kier molecular flexibility index (Phi) is 6.98. The lowest BCUT2D eigenvalue weighted by molar-refractivity contribution is -0.114. The van der Waals surface area contributed by atoms with Crippen LogP contribution in [0, 0.1) is 13.8 Å². The minimum atomic E-state index is -3.55. The van der Waals surface area contributed by atoms with Crippen LogP contribution >= 0.6 is 0 Å². The molecule has 7 heteroatoms. The highest BCUT2D eigenvalue weighted by atomic mass is 32.2. The topological polar surface area (TPSA) is 78.5 Å². The van der Waals surface area contributed by atoms with E-state index in [1.807, 2.05) is 45.0 Å². The molecule has 2 aromatic carbocycles. The molecule has 0 aliphatic carbocycles. The van der Waals surface area contributed by atoms with Crippen LogP contribution in [0.15, 0.2) is 47.4 Å². The Bertz CT molecular complexity index is 889. The van der Waals surface area contributed by atoms with Crippen LogP contribution < -0.4 is 10.6 Å². The molecular formula is C20H27N3O3S. The minimum Gasteiger partial charge on any atom is -0.376 e. The molecule has 0 aliphatic rings. The van der Waals surface area contributed by atoms with Gasteiger partial charge < -0.3 is 10.6 Å². The van der Waals surface area contributed by atoms with E-state index in [0.29, 0.717) is 24.3 Å². The van der Waals surface area contributed by atoms with Crippen LogP contribution in [0.4, 0.5) is 11.4 Å². The first kappa shape index (κ1) is 20.9. The molecule has 6 nitrogen and oxygen atoms in total. The number of hydrogen-bond donors (Lipinski definition) is 2. The van der Waals surface area contributed by atoms with Crippen LogP contribution in [-0.4, -0.2) is 38.3 Å². The van der Waals surface area contributed by atoms with Crippen molar-refractivity contribution in [3.05, 3.63) is 53.6 Å². The summed E-state index contributed by atoms with van der Waals surface area (Å²) < 4.78 is 27.0. The van der Waals surface area contributed by atoms with Crippen LogP contribution in [0.3, 0.4) is 0 Å². The maximum absolute atomic E-state index is 12.8. The number of benzene rings is 2. The zero-order valence-corrected chi connectivity index (χ0v) is 17.1. The predicted molar refractivity (Wildman–Crippen MR) is 110 cm³/mol. The molecule has 0 aromatic heterocycles. The average molecular weight is 390 g/mol. The van der Waals surface area contributed by atoms with Crippen LogP contribution in [-0.2, 0) is 14.8 Å². The third-order valence-corrected chi connectivity index (χ3v) is 6.49. The molecule has 1 amide bonds. The normalized spacial score (nSPS) is 11.4.